The summed E-state index contributed by atoms with van der Waals surface area (Å²) in [6.07, 6.45) is 2.22. The summed E-state index contributed by atoms with van der Waals surface area (Å²) in [5, 5.41) is 3.12. The molecule has 120 valence electrons. The second kappa shape index (κ2) is 6.26. The monoisotopic (exact) mass is 304 g/mol. The molecule has 1 saturated heterocycles. The molecule has 22 heavy (non-hydrogen) atoms. The Morgan fingerprint density at radius 2 is 2.32 bits per heavy atom. The van der Waals surface area contributed by atoms with Crippen LogP contribution in [0.2, 0.25) is 0 Å². The Balaban J connectivity index is 1.61. The number of rotatable bonds is 5. The number of benzene rings is 1. The van der Waals surface area contributed by atoms with Gasteiger partial charge in [-0.15, -0.1) is 0 Å². The standard InChI is InChI=1S/C17H24N2O3/c1-19-8-9-22-11-15(19)16(20)18-12-17(6-7-17)13-4-3-5-14(10-13)21-2/h3-5,10,15H,6-9,11-12H2,1-2H3,(H,18,20). The van der Waals surface area contributed by atoms with E-state index in [4.69, 9.17) is 9.47 Å². The normalized spacial score (nSPS) is 23.8. The molecule has 2 fully saturated rings. The van der Waals surface area contributed by atoms with E-state index in [-0.39, 0.29) is 17.4 Å². The molecular formula is C17H24N2O3. The molecule has 1 N–H and O–H groups in total. The Kier molecular flexibility index (Phi) is 4.36. The van der Waals surface area contributed by atoms with Gasteiger partial charge in [-0.1, -0.05) is 12.1 Å². The highest BCUT2D eigenvalue weighted by Gasteiger charge is 2.45. The minimum absolute atomic E-state index is 0.0661. The molecule has 1 heterocycles. The van der Waals surface area contributed by atoms with Crippen LogP contribution in [0.5, 0.6) is 5.75 Å². The number of carbonyl (C=O) groups is 1. The smallest absolute Gasteiger partial charge is 0.239 e. The molecule has 1 atom stereocenters. The summed E-state index contributed by atoms with van der Waals surface area (Å²) < 4.78 is 10.7. The predicted molar refractivity (Wildman–Crippen MR) is 84.2 cm³/mol. The molecule has 1 saturated carbocycles. The molecule has 0 aromatic heterocycles. The van der Waals surface area contributed by atoms with Gasteiger partial charge in [0.05, 0.1) is 20.3 Å². The molecule has 0 bridgehead atoms. The number of nitrogens with one attached hydrogen (secondary N) is 1. The average Bonchev–Trinajstić information content (AvgIpc) is 3.34. The largest absolute Gasteiger partial charge is 0.497 e. The van der Waals surface area contributed by atoms with Crippen molar-refractivity contribution >= 4 is 5.91 Å². The lowest BCUT2D eigenvalue weighted by Gasteiger charge is -2.31. The maximum absolute atomic E-state index is 12.4. The number of ether oxygens (including phenoxy) is 2. The number of amides is 1. The lowest BCUT2D eigenvalue weighted by molar-refractivity contribution is -0.131. The van der Waals surface area contributed by atoms with E-state index in [1.807, 2.05) is 19.2 Å². The van der Waals surface area contributed by atoms with Crippen molar-refractivity contribution in [2.45, 2.75) is 24.3 Å². The van der Waals surface area contributed by atoms with Crippen molar-refractivity contribution in [3.05, 3.63) is 29.8 Å². The van der Waals surface area contributed by atoms with Crippen molar-refractivity contribution in [2.75, 3.05) is 40.5 Å². The molecule has 1 aliphatic heterocycles. The van der Waals surface area contributed by atoms with E-state index in [2.05, 4.69) is 22.3 Å². The van der Waals surface area contributed by atoms with Crippen LogP contribution < -0.4 is 10.1 Å². The molecule has 2 aliphatic rings. The van der Waals surface area contributed by atoms with E-state index in [1.165, 1.54) is 5.56 Å². The lowest BCUT2D eigenvalue weighted by Crippen LogP contribution is -2.53. The number of hydrogen-bond acceptors (Lipinski definition) is 4. The van der Waals surface area contributed by atoms with Gasteiger partial charge in [-0.3, -0.25) is 9.69 Å². The number of morpholine rings is 1. The first-order chi connectivity index (χ1) is 10.6. The number of carbonyl (C=O) groups excluding carboxylic acids is 1. The summed E-state index contributed by atoms with van der Waals surface area (Å²) in [5.74, 6) is 0.937. The third-order valence-corrected chi connectivity index (χ3v) is 4.84. The SMILES string of the molecule is COc1cccc(C2(CNC(=O)C3COCCN3C)CC2)c1. The maximum atomic E-state index is 12.4. The minimum atomic E-state index is -0.171. The zero-order valence-corrected chi connectivity index (χ0v) is 13.3. The van der Waals surface area contributed by atoms with Crippen LogP contribution in [-0.4, -0.2) is 57.3 Å². The number of likely N-dealkylation sites (N-methyl/N-ethyl adjacent to an activating group) is 1. The van der Waals surface area contributed by atoms with Crippen LogP contribution in [0, 0.1) is 0 Å². The molecule has 1 amide bonds. The number of hydrogen-bond donors (Lipinski definition) is 1. The van der Waals surface area contributed by atoms with Crippen molar-refractivity contribution in [3.63, 3.8) is 0 Å². The molecule has 5 nitrogen and oxygen atoms in total. The third-order valence-electron chi connectivity index (χ3n) is 4.84. The van der Waals surface area contributed by atoms with Crippen molar-refractivity contribution in [1.82, 2.24) is 10.2 Å². The topological polar surface area (TPSA) is 50.8 Å². The molecule has 1 aliphatic carbocycles. The quantitative estimate of drug-likeness (QED) is 0.887. The Hall–Kier alpha value is -1.59. The van der Waals surface area contributed by atoms with Gasteiger partial charge in [-0.05, 0) is 37.6 Å². The van der Waals surface area contributed by atoms with Crippen molar-refractivity contribution in [3.8, 4) is 5.75 Å². The van der Waals surface area contributed by atoms with Gasteiger partial charge in [0.15, 0.2) is 0 Å². The maximum Gasteiger partial charge on any atom is 0.239 e. The summed E-state index contributed by atoms with van der Waals surface area (Å²) in [4.78, 5) is 14.4. The fourth-order valence-corrected chi connectivity index (χ4v) is 3.01. The summed E-state index contributed by atoms with van der Waals surface area (Å²) in [6, 6.07) is 7.99. The highest BCUT2D eigenvalue weighted by atomic mass is 16.5. The first-order valence-electron chi connectivity index (χ1n) is 7.85. The molecule has 1 unspecified atom stereocenters. The van der Waals surface area contributed by atoms with Gasteiger partial charge in [0.1, 0.15) is 11.8 Å². The predicted octanol–water partition coefficient (Wildman–Crippen LogP) is 1.17. The zero-order valence-electron chi connectivity index (χ0n) is 13.3. The molecule has 1 aromatic carbocycles. The fourth-order valence-electron chi connectivity index (χ4n) is 3.01. The third kappa shape index (κ3) is 3.10. The van der Waals surface area contributed by atoms with Gasteiger partial charge in [0.2, 0.25) is 5.91 Å². The highest BCUT2D eigenvalue weighted by Crippen LogP contribution is 2.48. The number of nitrogens with zero attached hydrogens (tertiary/aromatic N) is 1. The summed E-state index contributed by atoms with van der Waals surface area (Å²) in [6.45, 7) is 2.67. The Morgan fingerprint density at radius 1 is 1.50 bits per heavy atom. The van der Waals surface area contributed by atoms with Gasteiger partial charge >= 0.3 is 0 Å². The molecule has 3 rings (SSSR count). The molecule has 0 radical (unpaired) electrons. The summed E-state index contributed by atoms with van der Waals surface area (Å²) in [5.41, 5.74) is 1.33. The molecule has 5 heteroatoms. The molecule has 0 spiro atoms. The zero-order chi connectivity index (χ0) is 15.6. The van der Waals surface area contributed by atoms with E-state index in [0.717, 1.165) is 25.1 Å². The Bertz CT molecular complexity index is 542. The summed E-state index contributed by atoms with van der Waals surface area (Å²) >= 11 is 0. The van der Waals surface area contributed by atoms with Gasteiger partial charge in [0.25, 0.3) is 0 Å². The summed E-state index contributed by atoms with van der Waals surface area (Å²) in [7, 11) is 3.65. The Morgan fingerprint density at radius 3 is 3.00 bits per heavy atom. The van der Waals surface area contributed by atoms with Crippen LogP contribution in [-0.2, 0) is 14.9 Å². The van der Waals surface area contributed by atoms with Crippen LogP contribution in [0.4, 0.5) is 0 Å². The van der Waals surface area contributed by atoms with Crippen molar-refractivity contribution in [1.29, 1.82) is 0 Å². The van der Waals surface area contributed by atoms with Crippen LogP contribution in [0.3, 0.4) is 0 Å². The average molecular weight is 304 g/mol. The lowest BCUT2D eigenvalue weighted by atomic mass is 9.95. The van der Waals surface area contributed by atoms with E-state index in [9.17, 15) is 4.79 Å². The van der Waals surface area contributed by atoms with Gasteiger partial charge in [0, 0.05) is 18.5 Å². The first-order valence-corrected chi connectivity index (χ1v) is 7.85. The molecule has 1 aromatic rings. The fraction of sp³-hybridized carbons (Fsp3) is 0.588. The van der Waals surface area contributed by atoms with Crippen molar-refractivity contribution < 1.29 is 14.3 Å². The van der Waals surface area contributed by atoms with Gasteiger partial charge < -0.3 is 14.8 Å². The second-order valence-electron chi connectivity index (χ2n) is 6.30. The van der Waals surface area contributed by atoms with E-state index >= 15 is 0 Å². The van der Waals surface area contributed by atoms with Crippen molar-refractivity contribution in [2.24, 2.45) is 0 Å². The first kappa shape index (κ1) is 15.3. The minimum Gasteiger partial charge on any atom is -0.497 e. The van der Waals surface area contributed by atoms with Crippen LogP contribution in [0.1, 0.15) is 18.4 Å². The molecular weight excluding hydrogens is 280 g/mol. The van der Waals surface area contributed by atoms with E-state index in [0.29, 0.717) is 19.8 Å². The van der Waals surface area contributed by atoms with E-state index in [1.54, 1.807) is 7.11 Å². The van der Waals surface area contributed by atoms with Crippen LogP contribution in [0.15, 0.2) is 24.3 Å². The van der Waals surface area contributed by atoms with Crippen LogP contribution >= 0.6 is 0 Å². The van der Waals surface area contributed by atoms with Gasteiger partial charge in [-0.25, -0.2) is 0 Å². The van der Waals surface area contributed by atoms with Crippen LogP contribution in [0.25, 0.3) is 0 Å². The number of methoxy groups -OCH3 is 1. The second-order valence-corrected chi connectivity index (χ2v) is 6.30. The Labute approximate surface area is 131 Å². The van der Waals surface area contributed by atoms with E-state index < -0.39 is 0 Å². The highest BCUT2D eigenvalue weighted by molar-refractivity contribution is 5.82. The van der Waals surface area contributed by atoms with Gasteiger partial charge in [-0.2, -0.15) is 0 Å².